The van der Waals surface area contributed by atoms with Crippen LogP contribution in [0.15, 0.2) is 23.1 Å². The molecule has 4 N–H and O–H groups in total. The van der Waals surface area contributed by atoms with E-state index in [4.69, 9.17) is 5.73 Å². The summed E-state index contributed by atoms with van der Waals surface area (Å²) in [5, 5.41) is 3.08. The van der Waals surface area contributed by atoms with Gasteiger partial charge in [-0.25, -0.2) is 13.1 Å². The molecule has 0 aliphatic heterocycles. The summed E-state index contributed by atoms with van der Waals surface area (Å²) >= 11 is 0. The predicted octanol–water partition coefficient (Wildman–Crippen LogP) is 0.223. The number of rotatable bonds is 7. The monoisotopic (exact) mass is 286 g/mol. The van der Waals surface area contributed by atoms with Crippen molar-refractivity contribution in [3.63, 3.8) is 0 Å². The first-order chi connectivity index (χ1) is 8.92. The Morgan fingerprint density at radius 1 is 1.32 bits per heavy atom. The molecule has 19 heavy (non-hydrogen) atoms. The maximum absolute atomic E-state index is 11.7. The van der Waals surface area contributed by atoms with E-state index in [2.05, 4.69) is 10.0 Å². The highest BCUT2D eigenvalue weighted by Gasteiger charge is 2.14. The third-order valence-corrected chi connectivity index (χ3v) is 4.32. The number of hydrogen-bond acceptors (Lipinski definition) is 5. The Bertz CT molecular complexity index is 516. The topological polar surface area (TPSA) is 87.5 Å². The van der Waals surface area contributed by atoms with Crippen molar-refractivity contribution in [3.8, 4) is 0 Å². The molecule has 0 saturated carbocycles. The van der Waals surface area contributed by atoms with Gasteiger partial charge in [0.2, 0.25) is 10.0 Å². The summed E-state index contributed by atoms with van der Waals surface area (Å²) in [6, 6.07) is 4.78. The molecule has 0 unspecified atom stereocenters. The average molecular weight is 286 g/mol. The molecule has 0 bridgehead atoms. The molecular weight excluding hydrogens is 264 g/mol. The second-order valence-corrected chi connectivity index (χ2v) is 6.19. The van der Waals surface area contributed by atoms with Gasteiger partial charge in [0.25, 0.3) is 0 Å². The molecule has 0 fully saturated rings. The van der Waals surface area contributed by atoms with E-state index in [9.17, 15) is 8.42 Å². The zero-order valence-electron chi connectivity index (χ0n) is 11.6. The van der Waals surface area contributed by atoms with Crippen LogP contribution in [0.2, 0.25) is 0 Å². The molecule has 0 aromatic heterocycles. The molecule has 1 aromatic rings. The van der Waals surface area contributed by atoms with E-state index in [1.807, 2.05) is 19.0 Å². The van der Waals surface area contributed by atoms with Crippen molar-refractivity contribution < 1.29 is 8.42 Å². The van der Waals surface area contributed by atoms with Crippen LogP contribution < -0.4 is 20.7 Å². The standard InChI is InChI=1S/C12H22N4O2S/c1-14-7-4-8-16(3)12-6-5-10(9-11(12)13)19(17,18)15-2/h5-6,9,14-15H,4,7-8,13H2,1-3H3. The van der Waals surface area contributed by atoms with E-state index >= 15 is 0 Å². The average Bonchev–Trinajstić information content (AvgIpc) is 2.38. The van der Waals surface area contributed by atoms with Crippen LogP contribution in [0.1, 0.15) is 6.42 Å². The molecule has 0 heterocycles. The fourth-order valence-electron chi connectivity index (χ4n) is 1.78. The third kappa shape index (κ3) is 4.09. The fourth-order valence-corrected chi connectivity index (χ4v) is 2.54. The molecule has 0 atom stereocenters. The fraction of sp³-hybridized carbons (Fsp3) is 0.500. The van der Waals surface area contributed by atoms with Crippen molar-refractivity contribution in [1.29, 1.82) is 0 Å². The van der Waals surface area contributed by atoms with Crippen LogP contribution in [0.5, 0.6) is 0 Å². The Kier molecular flexibility index (Phi) is 5.59. The Morgan fingerprint density at radius 2 is 2.00 bits per heavy atom. The zero-order chi connectivity index (χ0) is 14.5. The van der Waals surface area contributed by atoms with E-state index in [1.54, 1.807) is 12.1 Å². The second-order valence-electron chi connectivity index (χ2n) is 4.31. The van der Waals surface area contributed by atoms with Crippen LogP contribution in [0.4, 0.5) is 11.4 Å². The van der Waals surface area contributed by atoms with Gasteiger partial charge in [-0.15, -0.1) is 0 Å². The van der Waals surface area contributed by atoms with Crippen molar-refractivity contribution in [3.05, 3.63) is 18.2 Å². The van der Waals surface area contributed by atoms with Gasteiger partial charge in [0.15, 0.2) is 0 Å². The van der Waals surface area contributed by atoms with Crippen molar-refractivity contribution >= 4 is 21.4 Å². The van der Waals surface area contributed by atoms with Gasteiger partial charge in [0.05, 0.1) is 16.3 Å². The maximum Gasteiger partial charge on any atom is 0.240 e. The van der Waals surface area contributed by atoms with E-state index < -0.39 is 10.0 Å². The van der Waals surface area contributed by atoms with E-state index in [-0.39, 0.29) is 4.90 Å². The molecule has 108 valence electrons. The number of anilines is 2. The van der Waals surface area contributed by atoms with E-state index in [0.717, 1.165) is 25.2 Å². The number of sulfonamides is 1. The van der Waals surface area contributed by atoms with E-state index in [0.29, 0.717) is 5.69 Å². The molecule has 0 radical (unpaired) electrons. The molecule has 6 nitrogen and oxygen atoms in total. The first-order valence-corrected chi connectivity index (χ1v) is 7.59. The van der Waals surface area contributed by atoms with Crippen molar-refractivity contribution in [2.75, 3.05) is 44.9 Å². The number of nitrogens with two attached hydrogens (primary N) is 1. The first kappa shape index (κ1) is 15.7. The van der Waals surface area contributed by atoms with Crippen LogP contribution in [-0.4, -0.2) is 42.7 Å². The third-order valence-electron chi connectivity index (χ3n) is 2.91. The Hall–Kier alpha value is -1.31. The number of benzene rings is 1. The quantitative estimate of drug-likeness (QED) is 0.493. The predicted molar refractivity (Wildman–Crippen MR) is 78.9 cm³/mol. The molecule has 0 saturated heterocycles. The van der Waals surface area contributed by atoms with Gasteiger partial charge in [0, 0.05) is 13.6 Å². The largest absolute Gasteiger partial charge is 0.397 e. The summed E-state index contributed by atoms with van der Waals surface area (Å²) in [6.07, 6.45) is 0.989. The van der Waals surface area contributed by atoms with Gasteiger partial charge in [0.1, 0.15) is 0 Å². The zero-order valence-corrected chi connectivity index (χ0v) is 12.4. The lowest BCUT2D eigenvalue weighted by molar-refractivity contribution is 0.588. The minimum Gasteiger partial charge on any atom is -0.397 e. The van der Waals surface area contributed by atoms with Gasteiger partial charge >= 0.3 is 0 Å². The van der Waals surface area contributed by atoms with Gasteiger partial charge in [-0.05, 0) is 45.3 Å². The summed E-state index contributed by atoms with van der Waals surface area (Å²) < 4.78 is 25.6. The normalized spacial score (nSPS) is 11.5. The molecular formula is C12H22N4O2S. The minimum atomic E-state index is -3.44. The highest BCUT2D eigenvalue weighted by Crippen LogP contribution is 2.25. The molecule has 0 amide bonds. The molecule has 7 heteroatoms. The highest BCUT2D eigenvalue weighted by atomic mass is 32.2. The lowest BCUT2D eigenvalue weighted by Crippen LogP contribution is -2.23. The van der Waals surface area contributed by atoms with Crippen molar-refractivity contribution in [1.82, 2.24) is 10.0 Å². The summed E-state index contributed by atoms with van der Waals surface area (Å²) in [5.41, 5.74) is 7.23. The lowest BCUT2D eigenvalue weighted by Gasteiger charge is -2.21. The smallest absolute Gasteiger partial charge is 0.240 e. The first-order valence-electron chi connectivity index (χ1n) is 6.11. The van der Waals surface area contributed by atoms with Crippen LogP contribution in [0.25, 0.3) is 0 Å². The van der Waals surface area contributed by atoms with Gasteiger partial charge in [-0.2, -0.15) is 0 Å². The van der Waals surface area contributed by atoms with Gasteiger partial charge in [-0.3, -0.25) is 0 Å². The summed E-state index contributed by atoms with van der Waals surface area (Å²) in [6.45, 7) is 1.78. The number of hydrogen-bond donors (Lipinski definition) is 3. The van der Waals surface area contributed by atoms with E-state index in [1.165, 1.54) is 13.1 Å². The van der Waals surface area contributed by atoms with Crippen LogP contribution in [0, 0.1) is 0 Å². The summed E-state index contributed by atoms with van der Waals surface area (Å²) in [5.74, 6) is 0. The highest BCUT2D eigenvalue weighted by molar-refractivity contribution is 7.89. The number of nitrogens with one attached hydrogen (secondary N) is 2. The molecule has 1 rings (SSSR count). The Balaban J connectivity index is 2.88. The molecule has 0 aliphatic rings. The number of nitrogen functional groups attached to an aromatic ring is 1. The molecule has 0 aliphatic carbocycles. The SMILES string of the molecule is CNCCCN(C)c1ccc(S(=O)(=O)NC)cc1N. The molecule has 1 aromatic carbocycles. The Morgan fingerprint density at radius 3 is 2.53 bits per heavy atom. The van der Waals surface area contributed by atoms with Crippen LogP contribution in [-0.2, 0) is 10.0 Å². The van der Waals surface area contributed by atoms with Gasteiger partial charge < -0.3 is 16.0 Å². The molecule has 0 spiro atoms. The second kappa shape index (κ2) is 6.74. The maximum atomic E-state index is 11.7. The lowest BCUT2D eigenvalue weighted by atomic mass is 10.2. The van der Waals surface area contributed by atoms with Crippen molar-refractivity contribution in [2.24, 2.45) is 0 Å². The minimum absolute atomic E-state index is 0.180. The summed E-state index contributed by atoms with van der Waals surface area (Å²) in [7, 11) is 1.78. The summed E-state index contributed by atoms with van der Waals surface area (Å²) in [4.78, 5) is 2.20. The van der Waals surface area contributed by atoms with Crippen LogP contribution >= 0.6 is 0 Å². The van der Waals surface area contributed by atoms with Gasteiger partial charge in [-0.1, -0.05) is 0 Å². The number of nitrogens with zero attached hydrogens (tertiary/aromatic N) is 1. The van der Waals surface area contributed by atoms with Crippen LogP contribution in [0.3, 0.4) is 0 Å². The Labute approximate surface area is 115 Å². The van der Waals surface area contributed by atoms with Crippen molar-refractivity contribution in [2.45, 2.75) is 11.3 Å².